The summed E-state index contributed by atoms with van der Waals surface area (Å²) < 4.78 is 39.0. The zero-order valence-corrected chi connectivity index (χ0v) is 16.6. The van der Waals surface area contributed by atoms with Gasteiger partial charge in [-0.3, -0.25) is 14.5 Å². The topological polar surface area (TPSA) is 78.5 Å². The van der Waals surface area contributed by atoms with Crippen molar-refractivity contribution < 1.29 is 27.6 Å². The van der Waals surface area contributed by atoms with Gasteiger partial charge >= 0.3 is 12.2 Å². The fourth-order valence-electron chi connectivity index (χ4n) is 3.01. The zero-order chi connectivity index (χ0) is 21.4. The maximum Gasteiger partial charge on any atom is 0.416 e. The van der Waals surface area contributed by atoms with Gasteiger partial charge in [-0.25, -0.2) is 4.79 Å². The molecule has 1 aliphatic heterocycles. The number of carbonyl (C=O) groups is 3. The van der Waals surface area contributed by atoms with Gasteiger partial charge in [0, 0.05) is 15.7 Å². The van der Waals surface area contributed by atoms with Crippen molar-refractivity contribution >= 4 is 39.5 Å². The number of anilines is 1. The van der Waals surface area contributed by atoms with Crippen LogP contribution in [0.15, 0.2) is 53.0 Å². The molecule has 29 heavy (non-hydrogen) atoms. The third kappa shape index (κ3) is 4.12. The van der Waals surface area contributed by atoms with Gasteiger partial charge in [-0.1, -0.05) is 40.2 Å². The third-order valence-corrected chi connectivity index (χ3v) is 5.15. The van der Waals surface area contributed by atoms with E-state index in [2.05, 4.69) is 26.6 Å². The first-order valence-corrected chi connectivity index (χ1v) is 9.18. The van der Waals surface area contributed by atoms with Crippen molar-refractivity contribution in [2.45, 2.75) is 18.6 Å². The molecule has 152 valence electrons. The van der Waals surface area contributed by atoms with Crippen molar-refractivity contribution in [3.05, 3.63) is 64.1 Å². The monoisotopic (exact) mass is 469 g/mol. The minimum atomic E-state index is -4.56. The number of carbonyl (C=O) groups excluding carboxylic acids is 3. The van der Waals surface area contributed by atoms with Crippen LogP contribution in [-0.2, 0) is 21.3 Å². The van der Waals surface area contributed by atoms with Gasteiger partial charge in [0.25, 0.3) is 5.91 Å². The second kappa shape index (κ2) is 7.51. The van der Waals surface area contributed by atoms with E-state index in [0.717, 1.165) is 23.1 Å². The lowest BCUT2D eigenvalue weighted by molar-refractivity contribution is -0.137. The molecular formula is C19H15BrF3N3O3. The van der Waals surface area contributed by atoms with E-state index >= 15 is 0 Å². The number of amides is 4. The fourth-order valence-corrected chi connectivity index (χ4v) is 3.69. The van der Waals surface area contributed by atoms with Crippen molar-refractivity contribution in [3.8, 4) is 0 Å². The number of hydrogen-bond acceptors (Lipinski definition) is 3. The highest BCUT2D eigenvalue weighted by molar-refractivity contribution is 9.10. The van der Waals surface area contributed by atoms with Crippen molar-refractivity contribution in [3.63, 3.8) is 0 Å². The number of nitrogens with one attached hydrogen (secondary N) is 2. The molecule has 2 aromatic carbocycles. The molecule has 6 nitrogen and oxygen atoms in total. The van der Waals surface area contributed by atoms with Crippen LogP contribution in [0.4, 0.5) is 23.7 Å². The molecule has 0 bridgehead atoms. The molecule has 1 atom stereocenters. The highest BCUT2D eigenvalue weighted by Gasteiger charge is 2.50. The Morgan fingerprint density at radius 1 is 1.17 bits per heavy atom. The molecule has 1 fully saturated rings. The van der Waals surface area contributed by atoms with Crippen molar-refractivity contribution in [1.29, 1.82) is 0 Å². The van der Waals surface area contributed by atoms with Gasteiger partial charge in [0.15, 0.2) is 0 Å². The lowest BCUT2D eigenvalue weighted by atomic mass is 9.92. The van der Waals surface area contributed by atoms with Crippen molar-refractivity contribution in [2.24, 2.45) is 0 Å². The van der Waals surface area contributed by atoms with E-state index in [1.54, 1.807) is 24.3 Å². The van der Waals surface area contributed by atoms with E-state index in [-0.39, 0.29) is 5.69 Å². The summed E-state index contributed by atoms with van der Waals surface area (Å²) in [6, 6.07) is 10.1. The average molecular weight is 470 g/mol. The quantitative estimate of drug-likeness (QED) is 0.667. The molecule has 0 saturated carbocycles. The Kier molecular flexibility index (Phi) is 5.40. The molecular weight excluding hydrogens is 455 g/mol. The Labute approximate surface area is 172 Å². The summed E-state index contributed by atoms with van der Waals surface area (Å²) in [5.41, 5.74) is -1.88. The Morgan fingerprint density at radius 3 is 2.52 bits per heavy atom. The minimum absolute atomic E-state index is 0.0922. The summed E-state index contributed by atoms with van der Waals surface area (Å²) in [4.78, 5) is 38.1. The minimum Gasteiger partial charge on any atom is -0.325 e. The van der Waals surface area contributed by atoms with E-state index < -0.39 is 41.7 Å². The van der Waals surface area contributed by atoms with E-state index in [0.29, 0.717) is 10.0 Å². The summed E-state index contributed by atoms with van der Waals surface area (Å²) in [7, 11) is 0. The first-order chi connectivity index (χ1) is 13.5. The van der Waals surface area contributed by atoms with Crippen LogP contribution in [0.3, 0.4) is 0 Å². The average Bonchev–Trinajstić information content (AvgIpc) is 2.85. The van der Waals surface area contributed by atoms with Crippen LogP contribution in [-0.4, -0.2) is 29.3 Å². The van der Waals surface area contributed by atoms with Gasteiger partial charge in [-0.15, -0.1) is 0 Å². The molecule has 1 aliphatic rings. The number of alkyl halides is 3. The van der Waals surface area contributed by atoms with Crippen LogP contribution in [0.25, 0.3) is 0 Å². The highest BCUT2D eigenvalue weighted by Crippen LogP contribution is 2.34. The van der Waals surface area contributed by atoms with E-state index in [1.165, 1.54) is 13.0 Å². The predicted octanol–water partition coefficient (Wildman–Crippen LogP) is 3.87. The lowest BCUT2D eigenvalue weighted by Crippen LogP contribution is -2.42. The summed E-state index contributed by atoms with van der Waals surface area (Å²) >= 11 is 3.33. The van der Waals surface area contributed by atoms with Gasteiger partial charge in [-0.2, -0.15) is 13.2 Å². The van der Waals surface area contributed by atoms with Crippen LogP contribution >= 0.6 is 15.9 Å². The van der Waals surface area contributed by atoms with E-state index in [9.17, 15) is 27.6 Å². The standard InChI is InChI=1S/C19H15BrF3N3O3/c1-18(13-7-2-3-8-14(13)20)16(28)26(17(29)25-18)10-15(27)24-12-6-4-5-11(9-12)19(21,22)23/h2-9H,10H2,1H3,(H,24,27)(H,25,29)/t18-/m0/s1. The molecule has 0 spiro atoms. The van der Waals surface area contributed by atoms with Gasteiger partial charge < -0.3 is 10.6 Å². The van der Waals surface area contributed by atoms with Crippen LogP contribution in [0.2, 0.25) is 0 Å². The SMILES string of the molecule is C[C@@]1(c2ccccc2Br)NC(=O)N(CC(=O)Nc2cccc(C(F)(F)F)c2)C1=O. The number of nitrogens with zero attached hydrogens (tertiary/aromatic N) is 1. The second-order valence-corrected chi connectivity index (χ2v) is 7.41. The number of rotatable bonds is 4. The van der Waals surface area contributed by atoms with Gasteiger partial charge in [-0.05, 0) is 31.2 Å². The maximum atomic E-state index is 12.9. The first-order valence-electron chi connectivity index (χ1n) is 8.38. The largest absolute Gasteiger partial charge is 0.416 e. The molecule has 1 saturated heterocycles. The van der Waals surface area contributed by atoms with Gasteiger partial charge in [0.2, 0.25) is 5.91 Å². The molecule has 10 heteroatoms. The number of urea groups is 1. The van der Waals surface area contributed by atoms with Crippen molar-refractivity contribution in [2.75, 3.05) is 11.9 Å². The fraction of sp³-hybridized carbons (Fsp3) is 0.211. The molecule has 1 heterocycles. The number of benzene rings is 2. The lowest BCUT2D eigenvalue weighted by Gasteiger charge is -2.23. The first kappa shape index (κ1) is 20.8. The summed E-state index contributed by atoms with van der Waals surface area (Å²) in [5.74, 6) is -1.45. The van der Waals surface area contributed by atoms with Crippen molar-refractivity contribution in [1.82, 2.24) is 10.2 Å². The van der Waals surface area contributed by atoms with Gasteiger partial charge in [0.1, 0.15) is 12.1 Å². The molecule has 3 rings (SSSR count). The predicted molar refractivity (Wildman–Crippen MR) is 102 cm³/mol. The summed E-state index contributed by atoms with van der Waals surface area (Å²) in [5, 5.41) is 4.84. The van der Waals surface area contributed by atoms with E-state index in [1.807, 2.05) is 0 Å². The molecule has 2 aromatic rings. The smallest absolute Gasteiger partial charge is 0.325 e. The molecule has 0 aromatic heterocycles. The Balaban J connectivity index is 1.75. The molecule has 2 N–H and O–H groups in total. The Morgan fingerprint density at radius 2 is 1.86 bits per heavy atom. The molecule has 0 unspecified atom stereocenters. The highest BCUT2D eigenvalue weighted by atomic mass is 79.9. The van der Waals surface area contributed by atoms with Crippen LogP contribution < -0.4 is 10.6 Å². The Hall–Kier alpha value is -2.88. The van der Waals surface area contributed by atoms with Crippen LogP contribution in [0.5, 0.6) is 0 Å². The summed E-state index contributed by atoms with van der Waals surface area (Å²) in [6.07, 6.45) is -4.56. The maximum absolute atomic E-state index is 12.9. The van der Waals surface area contributed by atoms with Crippen LogP contribution in [0, 0.1) is 0 Å². The summed E-state index contributed by atoms with van der Waals surface area (Å²) in [6.45, 7) is 0.874. The molecule has 0 radical (unpaired) electrons. The zero-order valence-electron chi connectivity index (χ0n) is 15.0. The van der Waals surface area contributed by atoms with Gasteiger partial charge in [0.05, 0.1) is 5.56 Å². The number of hydrogen-bond donors (Lipinski definition) is 2. The third-order valence-electron chi connectivity index (χ3n) is 4.46. The molecule has 4 amide bonds. The number of imide groups is 1. The second-order valence-electron chi connectivity index (χ2n) is 6.55. The Bertz CT molecular complexity index is 996. The van der Waals surface area contributed by atoms with E-state index in [4.69, 9.17) is 0 Å². The normalized spacial score (nSPS) is 19.3. The number of halogens is 4. The van der Waals surface area contributed by atoms with Crippen LogP contribution in [0.1, 0.15) is 18.1 Å². The molecule has 0 aliphatic carbocycles.